The highest BCUT2D eigenvalue weighted by Crippen LogP contribution is 2.38. The van der Waals surface area contributed by atoms with Crippen molar-refractivity contribution in [3.63, 3.8) is 0 Å². The molecule has 0 aliphatic carbocycles. The van der Waals surface area contributed by atoms with Crippen molar-refractivity contribution in [1.82, 2.24) is 4.98 Å². The summed E-state index contributed by atoms with van der Waals surface area (Å²) in [7, 11) is 0. The van der Waals surface area contributed by atoms with Gasteiger partial charge >= 0.3 is 12.1 Å². The van der Waals surface area contributed by atoms with Crippen LogP contribution in [0.2, 0.25) is 10.0 Å². The maximum atomic E-state index is 12.9. The molecule has 2 rings (SSSR count). The van der Waals surface area contributed by atoms with Crippen LogP contribution in [-0.2, 0) is 6.18 Å². The molecule has 8 heteroatoms. The Morgan fingerprint density at radius 2 is 1.86 bits per heavy atom. The number of aromatic carboxylic acids is 1. The Labute approximate surface area is 126 Å². The normalized spacial score (nSPS) is 11.5. The second-order valence-electron chi connectivity index (χ2n) is 4.01. The van der Waals surface area contributed by atoms with Gasteiger partial charge in [-0.25, -0.2) is 4.79 Å². The zero-order valence-electron chi connectivity index (χ0n) is 10.1. The summed E-state index contributed by atoms with van der Waals surface area (Å²) in [6.07, 6.45) is -3.95. The number of pyridine rings is 1. The molecule has 3 nitrogen and oxygen atoms in total. The molecule has 0 atom stereocenters. The van der Waals surface area contributed by atoms with E-state index in [1.54, 1.807) is 0 Å². The number of benzene rings is 1. The first-order valence-corrected chi connectivity index (χ1v) is 6.22. The van der Waals surface area contributed by atoms with Crippen LogP contribution in [-0.4, -0.2) is 16.1 Å². The van der Waals surface area contributed by atoms with Gasteiger partial charge in [0, 0.05) is 16.8 Å². The van der Waals surface area contributed by atoms with E-state index in [-0.39, 0.29) is 21.3 Å². The number of aromatic nitrogens is 1. The van der Waals surface area contributed by atoms with Crippen molar-refractivity contribution in [2.45, 2.75) is 6.18 Å². The maximum Gasteiger partial charge on any atom is 0.417 e. The summed E-state index contributed by atoms with van der Waals surface area (Å²) in [5, 5.41) is 9.36. The lowest BCUT2D eigenvalue weighted by atomic mass is 10.0. The minimum atomic E-state index is -4.82. The third-order valence-electron chi connectivity index (χ3n) is 2.65. The molecule has 0 radical (unpaired) electrons. The quantitative estimate of drug-likeness (QED) is 0.859. The van der Waals surface area contributed by atoms with Crippen LogP contribution in [0.3, 0.4) is 0 Å². The van der Waals surface area contributed by atoms with Crippen LogP contribution < -0.4 is 0 Å². The summed E-state index contributed by atoms with van der Waals surface area (Å²) in [5.74, 6) is -1.75. The van der Waals surface area contributed by atoms with Gasteiger partial charge in [-0.05, 0) is 24.3 Å². The SMILES string of the molecule is O=C(O)c1c(C(F)(F)F)ccnc1-c1cc(Cl)ccc1Cl. The monoisotopic (exact) mass is 335 g/mol. The number of hydrogen-bond donors (Lipinski definition) is 1. The molecule has 0 bridgehead atoms. The Balaban J connectivity index is 2.81. The summed E-state index contributed by atoms with van der Waals surface area (Å²) in [6.45, 7) is 0. The summed E-state index contributed by atoms with van der Waals surface area (Å²) in [6, 6.07) is 4.65. The molecule has 2 aromatic rings. The van der Waals surface area contributed by atoms with E-state index in [0.29, 0.717) is 6.07 Å². The molecular weight excluding hydrogens is 330 g/mol. The van der Waals surface area contributed by atoms with Crippen molar-refractivity contribution in [1.29, 1.82) is 0 Å². The van der Waals surface area contributed by atoms with Crippen molar-refractivity contribution >= 4 is 29.2 Å². The first kappa shape index (κ1) is 15.6. The highest BCUT2D eigenvalue weighted by molar-refractivity contribution is 6.35. The Morgan fingerprint density at radius 3 is 2.43 bits per heavy atom. The summed E-state index contributed by atoms with van der Waals surface area (Å²) < 4.78 is 38.8. The van der Waals surface area contributed by atoms with Crippen LogP contribution in [0.15, 0.2) is 30.5 Å². The molecule has 1 aromatic carbocycles. The zero-order valence-corrected chi connectivity index (χ0v) is 11.6. The number of nitrogens with zero attached hydrogens (tertiary/aromatic N) is 1. The average molecular weight is 336 g/mol. The number of hydrogen-bond acceptors (Lipinski definition) is 2. The van der Waals surface area contributed by atoms with Gasteiger partial charge in [0.05, 0.1) is 21.8 Å². The third-order valence-corrected chi connectivity index (χ3v) is 3.22. The van der Waals surface area contributed by atoms with Gasteiger partial charge in [0.2, 0.25) is 0 Å². The molecule has 1 aromatic heterocycles. The van der Waals surface area contributed by atoms with Crippen LogP contribution in [0.25, 0.3) is 11.3 Å². The van der Waals surface area contributed by atoms with E-state index in [1.165, 1.54) is 18.2 Å². The van der Waals surface area contributed by atoms with Gasteiger partial charge in [-0.3, -0.25) is 4.98 Å². The smallest absolute Gasteiger partial charge is 0.417 e. The van der Waals surface area contributed by atoms with Crippen LogP contribution in [0.5, 0.6) is 0 Å². The van der Waals surface area contributed by atoms with E-state index in [0.717, 1.165) is 6.20 Å². The molecule has 1 heterocycles. The topological polar surface area (TPSA) is 50.2 Å². The molecule has 0 aliphatic heterocycles. The van der Waals surface area contributed by atoms with E-state index < -0.39 is 23.3 Å². The van der Waals surface area contributed by atoms with Gasteiger partial charge in [0.1, 0.15) is 0 Å². The number of rotatable bonds is 2. The first-order valence-electron chi connectivity index (χ1n) is 5.46. The van der Waals surface area contributed by atoms with E-state index in [2.05, 4.69) is 4.98 Å². The molecule has 0 aliphatic rings. The van der Waals surface area contributed by atoms with Crippen LogP contribution >= 0.6 is 23.2 Å². The molecule has 0 amide bonds. The Hall–Kier alpha value is -1.79. The van der Waals surface area contributed by atoms with Crippen molar-refractivity contribution < 1.29 is 23.1 Å². The van der Waals surface area contributed by atoms with Crippen molar-refractivity contribution in [2.75, 3.05) is 0 Å². The third kappa shape index (κ3) is 3.11. The van der Waals surface area contributed by atoms with Gasteiger partial charge in [-0.1, -0.05) is 23.2 Å². The van der Waals surface area contributed by atoms with Crippen molar-refractivity contribution in [3.8, 4) is 11.3 Å². The van der Waals surface area contributed by atoms with Gasteiger partial charge in [0.25, 0.3) is 0 Å². The molecule has 0 spiro atoms. The Kier molecular flexibility index (Phi) is 4.11. The minimum absolute atomic E-state index is 0.0210. The molecule has 0 unspecified atom stereocenters. The molecule has 21 heavy (non-hydrogen) atoms. The fourth-order valence-corrected chi connectivity index (χ4v) is 2.18. The maximum absolute atomic E-state index is 12.9. The predicted molar refractivity (Wildman–Crippen MR) is 71.7 cm³/mol. The van der Waals surface area contributed by atoms with E-state index >= 15 is 0 Å². The van der Waals surface area contributed by atoms with Crippen LogP contribution in [0.4, 0.5) is 13.2 Å². The highest BCUT2D eigenvalue weighted by atomic mass is 35.5. The van der Waals surface area contributed by atoms with Crippen molar-refractivity contribution in [3.05, 3.63) is 51.6 Å². The second-order valence-corrected chi connectivity index (χ2v) is 4.85. The van der Waals surface area contributed by atoms with Crippen molar-refractivity contribution in [2.24, 2.45) is 0 Å². The zero-order chi connectivity index (χ0) is 15.8. The Morgan fingerprint density at radius 1 is 1.19 bits per heavy atom. The lowest BCUT2D eigenvalue weighted by molar-refractivity contribution is -0.138. The number of halogens is 5. The molecule has 0 saturated carbocycles. The van der Waals surface area contributed by atoms with E-state index in [1.807, 2.05) is 0 Å². The second kappa shape index (κ2) is 5.54. The minimum Gasteiger partial charge on any atom is -0.478 e. The molecule has 1 N–H and O–H groups in total. The first-order chi connectivity index (χ1) is 9.71. The van der Waals surface area contributed by atoms with Gasteiger partial charge in [-0.2, -0.15) is 13.2 Å². The fraction of sp³-hybridized carbons (Fsp3) is 0.0769. The number of carboxylic acid groups (broad SMARTS) is 1. The fourth-order valence-electron chi connectivity index (χ4n) is 1.80. The number of carbonyl (C=O) groups is 1. The lowest BCUT2D eigenvalue weighted by Crippen LogP contribution is -2.15. The molecule has 0 saturated heterocycles. The Bertz CT molecular complexity index is 717. The summed E-state index contributed by atoms with van der Waals surface area (Å²) in [4.78, 5) is 15.0. The lowest BCUT2D eigenvalue weighted by Gasteiger charge is -2.14. The van der Waals surface area contributed by atoms with Gasteiger partial charge < -0.3 is 5.11 Å². The molecule has 0 fully saturated rings. The van der Waals surface area contributed by atoms with E-state index in [4.69, 9.17) is 28.3 Å². The predicted octanol–water partition coefficient (Wildman–Crippen LogP) is 4.77. The van der Waals surface area contributed by atoms with Crippen LogP contribution in [0.1, 0.15) is 15.9 Å². The van der Waals surface area contributed by atoms with E-state index in [9.17, 15) is 18.0 Å². The highest BCUT2D eigenvalue weighted by Gasteiger charge is 2.37. The van der Waals surface area contributed by atoms with Crippen LogP contribution in [0, 0.1) is 0 Å². The number of carboxylic acids is 1. The average Bonchev–Trinajstić information content (AvgIpc) is 2.39. The molecule has 110 valence electrons. The summed E-state index contributed by atoms with van der Waals surface area (Å²) >= 11 is 11.7. The van der Waals surface area contributed by atoms with Gasteiger partial charge in [-0.15, -0.1) is 0 Å². The molecular formula is C13H6Cl2F3NO2. The number of alkyl halides is 3. The summed E-state index contributed by atoms with van der Waals surface area (Å²) in [5.41, 5.74) is -2.62. The largest absolute Gasteiger partial charge is 0.478 e. The van der Waals surface area contributed by atoms with Gasteiger partial charge in [0.15, 0.2) is 0 Å². The standard InChI is InChI=1S/C13H6Cl2F3NO2/c14-6-1-2-9(15)7(5-6)11-10(12(20)21)8(3-4-19-11)13(16,17)18/h1-5H,(H,20,21).